The van der Waals surface area contributed by atoms with Gasteiger partial charge in [-0.2, -0.15) is 4.98 Å². The van der Waals surface area contributed by atoms with Crippen LogP contribution < -0.4 is 24.4 Å². The number of aliphatic hydroxyl groups is 1. The molecule has 18 heteroatoms. The van der Waals surface area contributed by atoms with Crippen LogP contribution in [0.3, 0.4) is 0 Å². The molecule has 4 fully saturated rings. The van der Waals surface area contributed by atoms with Crippen LogP contribution in [0, 0.1) is 27.3 Å². The number of piperidine rings is 1. The van der Waals surface area contributed by atoms with Crippen molar-refractivity contribution in [2.45, 2.75) is 127 Å². The predicted molar refractivity (Wildman–Crippen MR) is 261 cm³/mol. The minimum atomic E-state index is -4.73. The van der Waals surface area contributed by atoms with E-state index in [0.717, 1.165) is 63.2 Å². The van der Waals surface area contributed by atoms with E-state index in [1.54, 1.807) is 32.9 Å². The molecule has 368 valence electrons. The van der Waals surface area contributed by atoms with E-state index >= 15 is 0 Å². The van der Waals surface area contributed by atoms with Crippen molar-refractivity contribution in [1.82, 2.24) is 24.6 Å². The van der Waals surface area contributed by atoms with Crippen molar-refractivity contribution in [2.24, 2.45) is 11.3 Å². The second-order valence-electron chi connectivity index (χ2n) is 20.6. The van der Waals surface area contributed by atoms with Crippen molar-refractivity contribution in [3.8, 4) is 17.4 Å². The molecule has 5 heterocycles. The number of hydrogen-bond donors (Lipinski definition) is 4. The van der Waals surface area contributed by atoms with Gasteiger partial charge in [0.25, 0.3) is 21.8 Å². The highest BCUT2D eigenvalue weighted by atomic mass is 32.2. The Hall–Kier alpha value is -5.85. The molecule has 2 saturated carbocycles. The van der Waals surface area contributed by atoms with E-state index in [4.69, 9.17) is 9.47 Å². The molecule has 2 aliphatic heterocycles. The number of ether oxygens (including phenoxy) is 2. The molecule has 69 heavy (non-hydrogen) atoms. The highest BCUT2D eigenvalue weighted by Crippen LogP contribution is 2.49. The maximum atomic E-state index is 15.0. The SMILES string of the molecule is CC(C)Oc1nc2[nH]cc(F)c2cc1Oc1cc(N2CCC3(CC2)CN([C@H]2CCC[C@H]2c2ccccc2C(C)C)C3)ccc1C(=O)NS(=O)(=O)c1cnc(NCC2CCC(C)(O)CC2)c([N+](=O)[O-])c1. The molecule has 5 aromatic rings. The molecule has 1 spiro atoms. The summed E-state index contributed by atoms with van der Waals surface area (Å²) in [4.78, 5) is 41.3. The summed E-state index contributed by atoms with van der Waals surface area (Å²) in [6, 6.07) is 16.6. The van der Waals surface area contributed by atoms with E-state index in [0.29, 0.717) is 50.1 Å². The van der Waals surface area contributed by atoms with Gasteiger partial charge in [0, 0.05) is 68.8 Å². The van der Waals surface area contributed by atoms with Gasteiger partial charge >= 0.3 is 5.69 Å². The summed E-state index contributed by atoms with van der Waals surface area (Å²) in [5.41, 5.74) is 2.63. The zero-order valence-electron chi connectivity index (χ0n) is 40.0. The zero-order valence-corrected chi connectivity index (χ0v) is 40.8. The van der Waals surface area contributed by atoms with Crippen LogP contribution >= 0.6 is 0 Å². The monoisotopic (exact) mass is 966 g/mol. The summed E-state index contributed by atoms with van der Waals surface area (Å²) in [5.74, 6) is -0.625. The summed E-state index contributed by atoms with van der Waals surface area (Å²) in [5, 5.41) is 25.6. The molecular weight excluding hydrogens is 904 g/mol. The summed E-state index contributed by atoms with van der Waals surface area (Å²) in [7, 11) is -4.73. The highest BCUT2D eigenvalue weighted by molar-refractivity contribution is 7.90. The van der Waals surface area contributed by atoms with Gasteiger partial charge < -0.3 is 29.8 Å². The topological polar surface area (TPSA) is 205 Å². The van der Waals surface area contributed by atoms with Crippen molar-refractivity contribution in [1.29, 1.82) is 0 Å². The zero-order chi connectivity index (χ0) is 48.8. The highest BCUT2D eigenvalue weighted by Gasteiger charge is 2.49. The third-order valence-corrected chi connectivity index (χ3v) is 16.2. The first kappa shape index (κ1) is 48.2. The Kier molecular flexibility index (Phi) is 13.4. The number of nitro groups is 1. The van der Waals surface area contributed by atoms with Crippen molar-refractivity contribution in [3.63, 3.8) is 0 Å². The number of anilines is 2. The van der Waals surface area contributed by atoms with Gasteiger partial charge in [-0.3, -0.25) is 19.8 Å². The number of amides is 1. The fraction of sp³-hybridized carbons (Fsp3) is 0.510. The lowest BCUT2D eigenvalue weighted by molar-refractivity contribution is -0.384. The number of sulfonamides is 1. The van der Waals surface area contributed by atoms with E-state index in [9.17, 15) is 32.8 Å². The molecule has 16 nitrogen and oxygen atoms in total. The Morgan fingerprint density at radius 2 is 1.75 bits per heavy atom. The van der Waals surface area contributed by atoms with E-state index in [-0.39, 0.29) is 57.2 Å². The lowest BCUT2D eigenvalue weighted by Gasteiger charge is -2.57. The smallest absolute Gasteiger partial charge is 0.312 e. The lowest BCUT2D eigenvalue weighted by Crippen LogP contribution is -2.63. The second-order valence-corrected chi connectivity index (χ2v) is 22.3. The Labute approximate surface area is 402 Å². The van der Waals surface area contributed by atoms with Crippen LogP contribution in [0.2, 0.25) is 0 Å². The number of hydrogen-bond acceptors (Lipinski definition) is 13. The molecule has 1 amide bonds. The number of benzene rings is 2. The van der Waals surface area contributed by atoms with E-state index in [2.05, 4.69) is 72.9 Å². The third kappa shape index (κ3) is 10.2. The van der Waals surface area contributed by atoms with Crippen molar-refractivity contribution in [2.75, 3.05) is 42.9 Å². The van der Waals surface area contributed by atoms with Gasteiger partial charge in [-0.25, -0.2) is 22.5 Å². The van der Waals surface area contributed by atoms with Crippen LogP contribution in [0.15, 0.2) is 71.9 Å². The quantitative estimate of drug-likeness (QED) is 0.0571. The molecule has 3 aromatic heterocycles. The molecule has 0 bridgehead atoms. The first-order chi connectivity index (χ1) is 32.9. The normalized spacial score (nSPS) is 22.8. The van der Waals surface area contributed by atoms with Crippen molar-refractivity contribution < 1.29 is 37.1 Å². The summed E-state index contributed by atoms with van der Waals surface area (Å²) in [6.07, 6.45) is 9.98. The van der Waals surface area contributed by atoms with Gasteiger partial charge in [0.2, 0.25) is 5.82 Å². The summed E-state index contributed by atoms with van der Waals surface area (Å²) in [6.45, 7) is 13.9. The summed E-state index contributed by atoms with van der Waals surface area (Å²) < 4.78 is 57.1. The van der Waals surface area contributed by atoms with Gasteiger partial charge in [0.05, 0.1) is 33.8 Å². The van der Waals surface area contributed by atoms with E-state index in [1.165, 1.54) is 42.5 Å². The average Bonchev–Trinajstić information content (AvgIpc) is 3.93. The minimum Gasteiger partial charge on any atom is -0.472 e. The second kappa shape index (κ2) is 19.2. The molecule has 2 aliphatic carbocycles. The number of rotatable bonds is 15. The third-order valence-electron chi connectivity index (χ3n) is 14.9. The number of pyridine rings is 2. The van der Waals surface area contributed by atoms with Crippen LogP contribution in [0.5, 0.6) is 17.4 Å². The van der Waals surface area contributed by atoms with Gasteiger partial charge in [-0.15, -0.1) is 0 Å². The molecule has 4 aliphatic rings. The Morgan fingerprint density at radius 1 is 1.01 bits per heavy atom. The average molecular weight is 967 g/mol. The standard InChI is InChI=1S/C51H63FN8O8S/c1-31(2)36-9-6-7-10-37(36)38-11-8-12-42(38)59-29-51(30-59)19-21-58(22-20-51)34-13-14-39(44(23-34)68-45-25-40-41(52)28-55-46(40)56-49(45)67-32(3)4)48(61)57-69(65,66)35-24-43(60(63)64)47(54-27-35)53-26-33-15-17-50(5,62)18-16-33/h6-7,9-10,13-14,23-25,27-28,31-33,38,42,62H,8,11-12,15-22,26,29-30H2,1-5H3,(H,53,54)(H,55,56)(H,57,61)/t33?,38-,42-,50?/m0/s1. The number of aromatic nitrogens is 3. The first-order valence-corrected chi connectivity index (χ1v) is 25.8. The van der Waals surface area contributed by atoms with Crippen molar-refractivity contribution in [3.05, 3.63) is 99.6 Å². The summed E-state index contributed by atoms with van der Waals surface area (Å²) >= 11 is 0. The van der Waals surface area contributed by atoms with Crippen LogP contribution in [0.1, 0.15) is 126 Å². The fourth-order valence-electron chi connectivity index (χ4n) is 11.0. The number of nitrogens with one attached hydrogen (secondary N) is 3. The van der Waals surface area contributed by atoms with E-state index in [1.807, 2.05) is 0 Å². The molecule has 0 unspecified atom stereocenters. The molecule has 0 radical (unpaired) electrons. The molecule has 9 rings (SSSR count). The molecular formula is C51H63FN8O8S. The number of nitrogens with zero attached hydrogens (tertiary/aromatic N) is 5. The lowest BCUT2D eigenvalue weighted by atomic mass is 9.70. The number of likely N-dealkylation sites (tertiary alicyclic amines) is 1. The van der Waals surface area contributed by atoms with Crippen molar-refractivity contribution >= 4 is 44.2 Å². The Bertz CT molecular complexity index is 2830. The minimum absolute atomic E-state index is 0.00123. The number of halogens is 1. The van der Waals surface area contributed by atoms with E-state index < -0.39 is 42.9 Å². The molecule has 2 atom stereocenters. The number of carbonyl (C=O) groups excluding carboxylic acids is 1. The van der Waals surface area contributed by atoms with Gasteiger partial charge in [0.1, 0.15) is 22.1 Å². The molecule has 2 aromatic carbocycles. The number of carbonyl (C=O) groups is 1. The predicted octanol–water partition coefficient (Wildman–Crippen LogP) is 9.42. The maximum Gasteiger partial charge on any atom is 0.312 e. The largest absolute Gasteiger partial charge is 0.472 e. The Balaban J connectivity index is 0.943. The number of aromatic amines is 1. The number of fused-ring (bicyclic) bond motifs is 1. The van der Waals surface area contributed by atoms with Crippen LogP contribution in [0.4, 0.5) is 21.6 Å². The first-order valence-electron chi connectivity index (χ1n) is 24.3. The van der Waals surface area contributed by atoms with Crippen LogP contribution in [-0.4, -0.2) is 94.7 Å². The Morgan fingerprint density at radius 3 is 2.46 bits per heavy atom. The van der Waals surface area contributed by atoms with Gasteiger partial charge in [-0.1, -0.05) is 44.5 Å². The van der Waals surface area contributed by atoms with Crippen LogP contribution in [-0.2, 0) is 10.0 Å². The van der Waals surface area contributed by atoms with Gasteiger partial charge in [0.15, 0.2) is 5.75 Å². The fourth-order valence-corrected chi connectivity index (χ4v) is 11.9. The molecule has 4 N–H and O–H groups in total. The molecule has 2 saturated heterocycles. The van der Waals surface area contributed by atoms with Gasteiger partial charge in [-0.05, 0) is 119 Å². The van der Waals surface area contributed by atoms with Crippen LogP contribution in [0.25, 0.3) is 11.0 Å². The maximum absolute atomic E-state index is 15.0. The number of H-pyrrole nitrogens is 1.